The van der Waals surface area contributed by atoms with Crippen LogP contribution in [0.5, 0.6) is 0 Å². The molecule has 0 radical (unpaired) electrons. The van der Waals surface area contributed by atoms with Gasteiger partial charge in [-0.15, -0.1) is 0 Å². The molecule has 1 heterocycles. The van der Waals surface area contributed by atoms with Gasteiger partial charge in [-0.1, -0.05) is 28.1 Å². The molecule has 2 rings (SSSR count). The minimum absolute atomic E-state index is 0.413. The number of hydrogen-bond acceptors (Lipinski definition) is 3. The number of thioether (sulfide) groups is 1. The maximum Gasteiger partial charge on any atom is 0.0287 e. The molecule has 16 heavy (non-hydrogen) atoms. The van der Waals surface area contributed by atoms with Crippen LogP contribution in [0.15, 0.2) is 28.7 Å². The van der Waals surface area contributed by atoms with Crippen LogP contribution >= 0.6 is 27.7 Å². The van der Waals surface area contributed by atoms with Crippen molar-refractivity contribution in [1.82, 2.24) is 5.43 Å². The summed E-state index contributed by atoms with van der Waals surface area (Å²) < 4.78 is 1.13. The number of nitrogens with one attached hydrogen (secondary N) is 1. The van der Waals surface area contributed by atoms with Crippen LogP contribution in [-0.2, 0) is 6.42 Å². The first kappa shape index (κ1) is 12.4. The first-order chi connectivity index (χ1) is 7.79. The number of benzene rings is 1. The molecule has 4 heteroatoms. The first-order valence-corrected chi connectivity index (χ1v) is 7.52. The van der Waals surface area contributed by atoms with Crippen molar-refractivity contribution in [1.29, 1.82) is 0 Å². The molecule has 88 valence electrons. The highest BCUT2D eigenvalue weighted by Crippen LogP contribution is 2.27. The van der Waals surface area contributed by atoms with E-state index in [1.807, 2.05) is 11.8 Å². The fourth-order valence-corrected chi connectivity index (χ4v) is 3.71. The summed E-state index contributed by atoms with van der Waals surface area (Å²) in [5, 5.41) is 0. The molecule has 0 saturated carbocycles. The second-order valence-electron chi connectivity index (χ2n) is 4.23. The van der Waals surface area contributed by atoms with Gasteiger partial charge < -0.3 is 0 Å². The second-order valence-corrected chi connectivity index (χ2v) is 6.29. The van der Waals surface area contributed by atoms with Crippen LogP contribution in [-0.4, -0.2) is 17.5 Å². The molecule has 2 atom stereocenters. The number of nitrogens with two attached hydrogens (primary N) is 1. The molecule has 0 bridgehead atoms. The first-order valence-electron chi connectivity index (χ1n) is 5.58. The number of halogens is 1. The SMILES string of the molecule is NNC(Cc1ccc(Br)cc1)C1CCSC1. The Bertz CT molecular complexity index is 322. The summed E-state index contributed by atoms with van der Waals surface area (Å²) in [5.74, 6) is 8.91. The summed E-state index contributed by atoms with van der Waals surface area (Å²) in [7, 11) is 0. The van der Waals surface area contributed by atoms with Crippen molar-refractivity contribution in [2.45, 2.75) is 18.9 Å². The molecule has 0 aromatic heterocycles. The fourth-order valence-electron chi connectivity index (χ4n) is 2.11. The van der Waals surface area contributed by atoms with E-state index < -0.39 is 0 Å². The lowest BCUT2D eigenvalue weighted by atomic mass is 9.93. The highest BCUT2D eigenvalue weighted by molar-refractivity contribution is 9.10. The van der Waals surface area contributed by atoms with Crippen molar-refractivity contribution in [3.05, 3.63) is 34.3 Å². The Morgan fingerprint density at radius 1 is 1.44 bits per heavy atom. The maximum absolute atomic E-state index is 5.66. The molecule has 2 unspecified atom stereocenters. The minimum Gasteiger partial charge on any atom is -0.271 e. The molecule has 1 saturated heterocycles. The molecule has 3 N–H and O–H groups in total. The van der Waals surface area contributed by atoms with Gasteiger partial charge in [0.15, 0.2) is 0 Å². The van der Waals surface area contributed by atoms with Crippen molar-refractivity contribution in [3.8, 4) is 0 Å². The van der Waals surface area contributed by atoms with E-state index in [9.17, 15) is 0 Å². The predicted octanol–water partition coefficient (Wildman–Crippen LogP) is 2.58. The third-order valence-electron chi connectivity index (χ3n) is 3.12. The van der Waals surface area contributed by atoms with Gasteiger partial charge in [0.2, 0.25) is 0 Å². The van der Waals surface area contributed by atoms with E-state index >= 15 is 0 Å². The number of hydrogen-bond donors (Lipinski definition) is 2. The lowest BCUT2D eigenvalue weighted by Crippen LogP contribution is -2.42. The lowest BCUT2D eigenvalue weighted by Gasteiger charge is -2.22. The van der Waals surface area contributed by atoms with Crippen LogP contribution in [0.2, 0.25) is 0 Å². The molecule has 0 amide bonds. The van der Waals surface area contributed by atoms with Gasteiger partial charge >= 0.3 is 0 Å². The second kappa shape index (κ2) is 6.05. The number of rotatable bonds is 4. The van der Waals surface area contributed by atoms with E-state index in [-0.39, 0.29) is 0 Å². The standard InChI is InChI=1S/C12H17BrN2S/c13-11-3-1-9(2-4-11)7-12(15-14)10-5-6-16-8-10/h1-4,10,12,15H,5-8,14H2. The number of hydrazine groups is 1. The van der Waals surface area contributed by atoms with Crippen LogP contribution in [0.25, 0.3) is 0 Å². The molecule has 0 aliphatic carbocycles. The van der Waals surface area contributed by atoms with Crippen LogP contribution in [0.3, 0.4) is 0 Å². The molecule has 0 spiro atoms. The van der Waals surface area contributed by atoms with Gasteiger partial charge in [-0.3, -0.25) is 11.3 Å². The van der Waals surface area contributed by atoms with Gasteiger partial charge in [0.25, 0.3) is 0 Å². The van der Waals surface area contributed by atoms with E-state index in [1.165, 1.54) is 23.5 Å². The van der Waals surface area contributed by atoms with Crippen molar-refractivity contribution in [3.63, 3.8) is 0 Å². The van der Waals surface area contributed by atoms with Crippen molar-refractivity contribution in [2.75, 3.05) is 11.5 Å². The van der Waals surface area contributed by atoms with E-state index in [4.69, 9.17) is 5.84 Å². The highest BCUT2D eigenvalue weighted by Gasteiger charge is 2.24. The monoisotopic (exact) mass is 300 g/mol. The smallest absolute Gasteiger partial charge is 0.0287 e. The van der Waals surface area contributed by atoms with Crippen LogP contribution < -0.4 is 11.3 Å². The molecule has 1 aliphatic rings. The van der Waals surface area contributed by atoms with Crippen LogP contribution in [0, 0.1) is 5.92 Å². The minimum atomic E-state index is 0.413. The van der Waals surface area contributed by atoms with Gasteiger partial charge in [-0.2, -0.15) is 11.8 Å². The third-order valence-corrected chi connectivity index (χ3v) is 4.83. The normalized spacial score (nSPS) is 22.2. The molecular weight excluding hydrogens is 284 g/mol. The van der Waals surface area contributed by atoms with E-state index in [1.54, 1.807) is 0 Å². The van der Waals surface area contributed by atoms with Gasteiger partial charge in [-0.05, 0) is 48.0 Å². The molecule has 1 aliphatic heterocycles. The van der Waals surface area contributed by atoms with Gasteiger partial charge in [-0.25, -0.2) is 0 Å². The zero-order chi connectivity index (χ0) is 11.4. The van der Waals surface area contributed by atoms with E-state index in [0.29, 0.717) is 6.04 Å². The molecule has 1 aromatic carbocycles. The van der Waals surface area contributed by atoms with Crippen molar-refractivity contribution in [2.24, 2.45) is 11.8 Å². The summed E-state index contributed by atoms with van der Waals surface area (Å²) in [6, 6.07) is 8.92. The maximum atomic E-state index is 5.66. The average Bonchev–Trinajstić information content (AvgIpc) is 2.82. The lowest BCUT2D eigenvalue weighted by molar-refractivity contribution is 0.386. The van der Waals surface area contributed by atoms with Gasteiger partial charge in [0, 0.05) is 10.5 Å². The molecule has 2 nitrogen and oxygen atoms in total. The Labute approximate surface area is 109 Å². The molecule has 1 aromatic rings. The van der Waals surface area contributed by atoms with Crippen molar-refractivity contribution < 1.29 is 0 Å². The topological polar surface area (TPSA) is 38.0 Å². The van der Waals surface area contributed by atoms with Crippen LogP contribution in [0.4, 0.5) is 0 Å². The Hall–Kier alpha value is -0.0300. The Balaban J connectivity index is 1.97. The zero-order valence-corrected chi connectivity index (χ0v) is 11.6. The Morgan fingerprint density at radius 2 is 2.19 bits per heavy atom. The van der Waals surface area contributed by atoms with Crippen LogP contribution in [0.1, 0.15) is 12.0 Å². The largest absolute Gasteiger partial charge is 0.271 e. The zero-order valence-electron chi connectivity index (χ0n) is 9.16. The predicted molar refractivity (Wildman–Crippen MR) is 74.4 cm³/mol. The molecule has 1 fully saturated rings. The highest BCUT2D eigenvalue weighted by atomic mass is 79.9. The Morgan fingerprint density at radius 3 is 2.75 bits per heavy atom. The summed E-state index contributed by atoms with van der Waals surface area (Å²) in [4.78, 5) is 0. The third kappa shape index (κ3) is 3.23. The summed E-state index contributed by atoms with van der Waals surface area (Å²) >= 11 is 5.49. The van der Waals surface area contributed by atoms with E-state index in [2.05, 4.69) is 45.6 Å². The van der Waals surface area contributed by atoms with E-state index in [0.717, 1.165) is 16.8 Å². The van der Waals surface area contributed by atoms with Gasteiger partial charge in [0.1, 0.15) is 0 Å². The average molecular weight is 301 g/mol. The Kier molecular flexibility index (Phi) is 4.70. The molecular formula is C12H17BrN2S. The van der Waals surface area contributed by atoms with Gasteiger partial charge in [0.05, 0.1) is 0 Å². The quantitative estimate of drug-likeness (QED) is 0.663. The summed E-state index contributed by atoms with van der Waals surface area (Å²) in [5.41, 5.74) is 4.33. The summed E-state index contributed by atoms with van der Waals surface area (Å²) in [6.07, 6.45) is 2.31. The summed E-state index contributed by atoms with van der Waals surface area (Å²) in [6.45, 7) is 0. The fraction of sp³-hybridized carbons (Fsp3) is 0.500. The van der Waals surface area contributed by atoms with Crippen molar-refractivity contribution >= 4 is 27.7 Å².